The summed E-state index contributed by atoms with van der Waals surface area (Å²) in [5.74, 6) is 0. The van der Waals surface area contributed by atoms with Gasteiger partial charge in [0.15, 0.2) is 5.60 Å². The molecule has 15 heavy (non-hydrogen) atoms. The van der Waals surface area contributed by atoms with Crippen LogP contribution in [0.5, 0.6) is 0 Å². The molecule has 0 spiro atoms. The Morgan fingerprint density at radius 3 is 2.13 bits per heavy atom. The highest BCUT2D eigenvalue weighted by Gasteiger charge is 2.57. The van der Waals surface area contributed by atoms with Crippen LogP contribution in [0.2, 0.25) is 0 Å². The lowest BCUT2D eigenvalue weighted by Crippen LogP contribution is -2.66. The molecule has 1 N–H and O–H groups in total. The van der Waals surface area contributed by atoms with E-state index in [-0.39, 0.29) is 6.61 Å². The molecule has 1 aliphatic heterocycles. The molecule has 2 rings (SSSR count). The lowest BCUT2D eigenvalue weighted by atomic mass is 9.80. The van der Waals surface area contributed by atoms with E-state index in [9.17, 15) is 5.11 Å². The molecule has 2 atom stereocenters. The fourth-order valence-electron chi connectivity index (χ4n) is 1.72. The molecule has 0 radical (unpaired) electrons. The van der Waals surface area contributed by atoms with Crippen molar-refractivity contribution in [1.29, 1.82) is 0 Å². The highest BCUT2D eigenvalue weighted by atomic mass is 17.3. The second-order valence-electron chi connectivity index (χ2n) is 4.45. The molecule has 1 aromatic rings. The summed E-state index contributed by atoms with van der Waals surface area (Å²) in [5.41, 5.74) is 0.148. The molecule has 1 aliphatic rings. The number of aliphatic hydroxyl groups is 1. The van der Waals surface area contributed by atoms with E-state index >= 15 is 0 Å². The molecule has 1 heterocycles. The van der Waals surface area contributed by atoms with E-state index in [4.69, 9.17) is 9.78 Å². The van der Waals surface area contributed by atoms with Crippen molar-refractivity contribution in [3.8, 4) is 0 Å². The zero-order chi connectivity index (χ0) is 10.9. The summed E-state index contributed by atoms with van der Waals surface area (Å²) < 4.78 is 0. The van der Waals surface area contributed by atoms with Crippen LogP contribution in [-0.2, 0) is 16.2 Å². The first-order valence-corrected chi connectivity index (χ1v) is 5.11. The van der Waals surface area contributed by atoms with Crippen molar-refractivity contribution in [3.63, 3.8) is 0 Å². The Morgan fingerprint density at radius 1 is 1.07 bits per heavy atom. The Bertz CT molecular complexity index is 334. The summed E-state index contributed by atoms with van der Waals surface area (Å²) in [6.07, 6.45) is 0.741. The molecule has 0 aromatic heterocycles. The SMILES string of the molecule is C[C@@]1(CO)OO[C@@]1(C)Cc1ccccc1. The highest BCUT2D eigenvalue weighted by Crippen LogP contribution is 2.42. The molecule has 82 valence electrons. The van der Waals surface area contributed by atoms with Crippen molar-refractivity contribution in [2.45, 2.75) is 31.5 Å². The van der Waals surface area contributed by atoms with Crippen LogP contribution in [0.1, 0.15) is 19.4 Å². The van der Waals surface area contributed by atoms with Crippen LogP contribution in [0.4, 0.5) is 0 Å². The molecule has 0 unspecified atom stereocenters. The molecule has 0 saturated carbocycles. The third-order valence-electron chi connectivity index (χ3n) is 3.21. The summed E-state index contributed by atoms with van der Waals surface area (Å²) >= 11 is 0. The first-order valence-electron chi connectivity index (χ1n) is 5.11. The Morgan fingerprint density at radius 2 is 1.67 bits per heavy atom. The van der Waals surface area contributed by atoms with Crippen LogP contribution >= 0.6 is 0 Å². The minimum atomic E-state index is -0.594. The summed E-state index contributed by atoms with van der Waals surface area (Å²) in [7, 11) is 0. The predicted molar refractivity (Wildman–Crippen MR) is 56.2 cm³/mol. The number of hydrogen-bond acceptors (Lipinski definition) is 3. The second kappa shape index (κ2) is 3.59. The van der Waals surface area contributed by atoms with E-state index < -0.39 is 11.2 Å². The van der Waals surface area contributed by atoms with Crippen molar-refractivity contribution in [2.75, 3.05) is 6.61 Å². The topological polar surface area (TPSA) is 38.7 Å². The van der Waals surface area contributed by atoms with Crippen LogP contribution in [0, 0.1) is 0 Å². The third kappa shape index (κ3) is 1.67. The minimum Gasteiger partial charge on any atom is -0.393 e. The quantitative estimate of drug-likeness (QED) is 0.768. The first-order chi connectivity index (χ1) is 7.10. The normalized spacial score (nSPS) is 34.9. The van der Waals surface area contributed by atoms with Crippen molar-refractivity contribution in [3.05, 3.63) is 35.9 Å². The van der Waals surface area contributed by atoms with Gasteiger partial charge in [-0.3, -0.25) is 0 Å². The largest absolute Gasteiger partial charge is 0.393 e. The first kappa shape index (κ1) is 10.6. The maximum atomic E-state index is 9.25. The fourth-order valence-corrected chi connectivity index (χ4v) is 1.72. The molecule has 0 bridgehead atoms. The molecule has 0 aliphatic carbocycles. The van der Waals surface area contributed by atoms with Gasteiger partial charge in [-0.05, 0) is 19.4 Å². The molecule has 3 heteroatoms. The van der Waals surface area contributed by atoms with E-state index in [0.717, 1.165) is 6.42 Å². The van der Waals surface area contributed by atoms with Gasteiger partial charge >= 0.3 is 0 Å². The second-order valence-corrected chi connectivity index (χ2v) is 4.45. The number of aliphatic hydroxyl groups excluding tert-OH is 1. The van der Waals surface area contributed by atoms with Crippen molar-refractivity contribution >= 4 is 0 Å². The molecular weight excluding hydrogens is 192 g/mol. The van der Waals surface area contributed by atoms with Crippen molar-refractivity contribution in [1.82, 2.24) is 0 Å². The van der Waals surface area contributed by atoms with Gasteiger partial charge in [-0.25, -0.2) is 9.78 Å². The highest BCUT2D eigenvalue weighted by molar-refractivity contribution is 5.19. The third-order valence-corrected chi connectivity index (χ3v) is 3.21. The van der Waals surface area contributed by atoms with Crippen LogP contribution in [-0.4, -0.2) is 22.9 Å². The van der Waals surface area contributed by atoms with E-state index in [1.165, 1.54) is 5.56 Å². The zero-order valence-electron chi connectivity index (χ0n) is 9.06. The van der Waals surface area contributed by atoms with Crippen molar-refractivity contribution in [2.24, 2.45) is 0 Å². The summed E-state index contributed by atoms with van der Waals surface area (Å²) in [6, 6.07) is 10.1. The Kier molecular flexibility index (Phi) is 2.54. The predicted octanol–water partition coefficient (Wildman–Crippen LogP) is 1.70. The van der Waals surface area contributed by atoms with Gasteiger partial charge in [0.2, 0.25) is 0 Å². The van der Waals surface area contributed by atoms with Crippen molar-refractivity contribution < 1.29 is 14.9 Å². The molecule has 1 aromatic carbocycles. The summed E-state index contributed by atoms with van der Waals surface area (Å²) in [6.45, 7) is 3.79. The van der Waals surface area contributed by atoms with E-state index in [0.29, 0.717) is 0 Å². The maximum Gasteiger partial charge on any atom is 0.156 e. The van der Waals surface area contributed by atoms with Crippen LogP contribution in [0.15, 0.2) is 30.3 Å². The standard InChI is InChI=1S/C12H16O3/c1-11(12(2,9-13)15-14-11)8-10-6-4-3-5-7-10/h3-7,13H,8-9H2,1-2H3/t11-,12-/m0/s1. The minimum absolute atomic E-state index is 0.0314. The summed E-state index contributed by atoms with van der Waals surface area (Å²) in [5, 5.41) is 9.25. The Balaban J connectivity index is 2.13. The number of rotatable bonds is 3. The van der Waals surface area contributed by atoms with Crippen LogP contribution in [0.25, 0.3) is 0 Å². The molecular formula is C12H16O3. The van der Waals surface area contributed by atoms with Gasteiger partial charge in [0, 0.05) is 6.42 Å². The Hall–Kier alpha value is -0.900. The van der Waals surface area contributed by atoms with Crippen LogP contribution < -0.4 is 0 Å². The van der Waals surface area contributed by atoms with Crippen LogP contribution in [0.3, 0.4) is 0 Å². The number of benzene rings is 1. The maximum absolute atomic E-state index is 9.25. The van der Waals surface area contributed by atoms with E-state index in [2.05, 4.69) is 0 Å². The fraction of sp³-hybridized carbons (Fsp3) is 0.500. The molecule has 1 saturated heterocycles. The molecule has 1 fully saturated rings. The van der Waals surface area contributed by atoms with Gasteiger partial charge in [0.05, 0.1) is 6.61 Å². The van der Waals surface area contributed by atoms with Gasteiger partial charge in [0.25, 0.3) is 0 Å². The van der Waals surface area contributed by atoms with Gasteiger partial charge in [-0.15, -0.1) is 0 Å². The molecule has 3 nitrogen and oxygen atoms in total. The summed E-state index contributed by atoms with van der Waals surface area (Å²) in [4.78, 5) is 10.2. The average molecular weight is 208 g/mol. The van der Waals surface area contributed by atoms with E-state index in [1.54, 1.807) is 0 Å². The van der Waals surface area contributed by atoms with Gasteiger partial charge in [0.1, 0.15) is 5.60 Å². The van der Waals surface area contributed by atoms with Gasteiger partial charge in [-0.2, -0.15) is 0 Å². The number of hydrogen-bond donors (Lipinski definition) is 1. The van der Waals surface area contributed by atoms with E-state index in [1.807, 2.05) is 44.2 Å². The van der Waals surface area contributed by atoms with Gasteiger partial charge in [-0.1, -0.05) is 30.3 Å². The molecule has 0 amide bonds. The lowest BCUT2D eigenvalue weighted by molar-refractivity contribution is -0.548. The zero-order valence-corrected chi connectivity index (χ0v) is 9.06. The smallest absolute Gasteiger partial charge is 0.156 e. The monoisotopic (exact) mass is 208 g/mol. The van der Waals surface area contributed by atoms with Gasteiger partial charge < -0.3 is 5.11 Å². The lowest BCUT2D eigenvalue weighted by Gasteiger charge is -2.52. The Labute approximate surface area is 89.6 Å². The average Bonchev–Trinajstić information content (AvgIpc) is 2.28.